The summed E-state index contributed by atoms with van der Waals surface area (Å²) in [5, 5.41) is 27.3. The molecule has 5 heteroatoms. The number of rotatable bonds is 6. The van der Waals surface area contributed by atoms with Gasteiger partial charge in [-0.05, 0) is 12.0 Å². The minimum absolute atomic E-state index is 0.0883. The number of aliphatic hydroxyl groups excluding tert-OH is 2. The molecule has 0 aliphatic carbocycles. The normalized spacial score (nSPS) is 11.7. The third-order valence-electron chi connectivity index (χ3n) is 3.30. The molecule has 2 aromatic rings. The highest BCUT2D eigenvalue weighted by Gasteiger charge is 2.30. The molecule has 5 nitrogen and oxygen atoms in total. The van der Waals surface area contributed by atoms with Crippen LogP contribution in [0.2, 0.25) is 0 Å². The molecule has 19 heavy (non-hydrogen) atoms. The molecule has 0 atom stereocenters. The second-order valence-electron chi connectivity index (χ2n) is 5.04. The summed E-state index contributed by atoms with van der Waals surface area (Å²) in [6.45, 7) is -0.177. The number of hydrogen-bond donors (Lipinski definition) is 2. The van der Waals surface area contributed by atoms with Crippen molar-refractivity contribution >= 4 is 0 Å². The Bertz CT molecular complexity index is 506. The minimum Gasteiger partial charge on any atom is -0.396 e. The number of hydrogen-bond acceptors (Lipinski definition) is 4. The molecule has 0 spiro atoms. The van der Waals surface area contributed by atoms with Gasteiger partial charge in [-0.2, -0.15) is 0 Å². The molecule has 0 bridgehead atoms. The topological polar surface area (TPSA) is 71.2 Å². The summed E-state index contributed by atoms with van der Waals surface area (Å²) in [6, 6.07) is 9.85. The maximum Gasteiger partial charge on any atom is 0.0834 e. The molecule has 0 fully saturated rings. The Morgan fingerprint density at radius 2 is 1.79 bits per heavy atom. The van der Waals surface area contributed by atoms with Crippen LogP contribution in [0.25, 0.3) is 0 Å². The quantitative estimate of drug-likeness (QED) is 0.797. The second-order valence-corrected chi connectivity index (χ2v) is 5.04. The summed E-state index contributed by atoms with van der Waals surface area (Å²) in [7, 11) is 1.80. The van der Waals surface area contributed by atoms with Crippen molar-refractivity contribution in [3.8, 4) is 0 Å². The van der Waals surface area contributed by atoms with Crippen molar-refractivity contribution in [2.45, 2.75) is 12.8 Å². The van der Waals surface area contributed by atoms with Crippen molar-refractivity contribution in [2.24, 2.45) is 12.5 Å². The van der Waals surface area contributed by atoms with Gasteiger partial charge in [-0.3, -0.25) is 4.68 Å². The lowest BCUT2D eigenvalue weighted by Gasteiger charge is -2.29. The molecule has 0 aliphatic rings. The highest BCUT2D eigenvalue weighted by molar-refractivity contribution is 5.17. The molecule has 1 heterocycles. The van der Waals surface area contributed by atoms with Gasteiger partial charge in [0.05, 0.1) is 18.9 Å². The van der Waals surface area contributed by atoms with Crippen molar-refractivity contribution in [3.63, 3.8) is 0 Å². The van der Waals surface area contributed by atoms with Gasteiger partial charge in [0.25, 0.3) is 0 Å². The number of benzene rings is 1. The summed E-state index contributed by atoms with van der Waals surface area (Å²) >= 11 is 0. The van der Waals surface area contributed by atoms with Crippen molar-refractivity contribution in [3.05, 3.63) is 47.8 Å². The third-order valence-corrected chi connectivity index (χ3v) is 3.30. The van der Waals surface area contributed by atoms with Crippen LogP contribution in [0.5, 0.6) is 0 Å². The van der Waals surface area contributed by atoms with E-state index in [2.05, 4.69) is 10.3 Å². The molecule has 2 rings (SSSR count). The fourth-order valence-corrected chi connectivity index (χ4v) is 2.23. The van der Waals surface area contributed by atoms with Crippen molar-refractivity contribution < 1.29 is 10.2 Å². The van der Waals surface area contributed by atoms with Crippen LogP contribution in [0.3, 0.4) is 0 Å². The maximum atomic E-state index is 9.69. The van der Waals surface area contributed by atoms with Gasteiger partial charge in [0.15, 0.2) is 0 Å². The first-order valence-electron chi connectivity index (χ1n) is 6.28. The lowest BCUT2D eigenvalue weighted by Crippen LogP contribution is -2.35. The summed E-state index contributed by atoms with van der Waals surface area (Å²) in [5.41, 5.74) is 1.27. The number of nitrogens with zero attached hydrogens (tertiary/aromatic N) is 3. The molecule has 0 saturated heterocycles. The van der Waals surface area contributed by atoms with E-state index in [0.29, 0.717) is 12.8 Å². The molecule has 0 aliphatic heterocycles. The Kier molecular flexibility index (Phi) is 4.29. The van der Waals surface area contributed by atoms with E-state index < -0.39 is 5.41 Å². The first-order chi connectivity index (χ1) is 9.17. The standard InChI is InChI=1S/C14H19N3O2/c1-17-9-13(15-16-17)8-14(10-18,11-19)7-12-5-3-2-4-6-12/h2-6,9,18-19H,7-8,10-11H2,1H3. The van der Waals surface area contributed by atoms with E-state index in [1.54, 1.807) is 11.7 Å². The number of aromatic nitrogens is 3. The molecule has 1 aromatic carbocycles. The van der Waals surface area contributed by atoms with Gasteiger partial charge in [-0.15, -0.1) is 5.10 Å². The van der Waals surface area contributed by atoms with Crippen LogP contribution in [0.4, 0.5) is 0 Å². The zero-order chi connectivity index (χ0) is 13.7. The van der Waals surface area contributed by atoms with E-state index >= 15 is 0 Å². The SMILES string of the molecule is Cn1cc(CC(CO)(CO)Cc2ccccc2)nn1. The molecular formula is C14H19N3O2. The molecular weight excluding hydrogens is 242 g/mol. The Hall–Kier alpha value is -1.72. The molecule has 0 saturated carbocycles. The maximum absolute atomic E-state index is 9.69. The van der Waals surface area contributed by atoms with Crippen LogP contribution in [-0.4, -0.2) is 38.4 Å². The second kappa shape index (κ2) is 5.95. The summed E-state index contributed by atoms with van der Waals surface area (Å²) < 4.78 is 1.62. The van der Waals surface area contributed by atoms with E-state index in [1.165, 1.54) is 0 Å². The largest absolute Gasteiger partial charge is 0.396 e. The lowest BCUT2D eigenvalue weighted by atomic mass is 9.79. The monoisotopic (exact) mass is 261 g/mol. The smallest absolute Gasteiger partial charge is 0.0834 e. The van der Waals surface area contributed by atoms with E-state index in [1.807, 2.05) is 36.5 Å². The van der Waals surface area contributed by atoms with Gasteiger partial charge in [-0.1, -0.05) is 35.5 Å². The van der Waals surface area contributed by atoms with Crippen molar-refractivity contribution in [1.29, 1.82) is 0 Å². The first-order valence-corrected chi connectivity index (χ1v) is 6.28. The van der Waals surface area contributed by atoms with Gasteiger partial charge in [0.1, 0.15) is 0 Å². The van der Waals surface area contributed by atoms with Crippen LogP contribution in [0.1, 0.15) is 11.3 Å². The van der Waals surface area contributed by atoms with Crippen LogP contribution < -0.4 is 0 Å². The molecule has 1 aromatic heterocycles. The van der Waals surface area contributed by atoms with Gasteiger partial charge >= 0.3 is 0 Å². The molecule has 102 valence electrons. The average molecular weight is 261 g/mol. The average Bonchev–Trinajstić information content (AvgIpc) is 2.84. The summed E-state index contributed by atoms with van der Waals surface area (Å²) in [5.74, 6) is 0. The predicted molar refractivity (Wildman–Crippen MR) is 71.5 cm³/mol. The van der Waals surface area contributed by atoms with Gasteiger partial charge in [-0.25, -0.2) is 0 Å². The zero-order valence-corrected chi connectivity index (χ0v) is 11.0. The van der Waals surface area contributed by atoms with E-state index in [4.69, 9.17) is 0 Å². The van der Waals surface area contributed by atoms with Crippen LogP contribution in [-0.2, 0) is 19.9 Å². The van der Waals surface area contributed by atoms with E-state index in [-0.39, 0.29) is 13.2 Å². The predicted octanol–water partition coefficient (Wildman–Crippen LogP) is 0.571. The number of aryl methyl sites for hydroxylation is 1. The lowest BCUT2D eigenvalue weighted by molar-refractivity contribution is 0.0539. The van der Waals surface area contributed by atoms with Crippen LogP contribution >= 0.6 is 0 Å². The van der Waals surface area contributed by atoms with Crippen molar-refractivity contribution in [1.82, 2.24) is 15.0 Å². The highest BCUT2D eigenvalue weighted by Crippen LogP contribution is 2.26. The Morgan fingerprint density at radius 1 is 1.11 bits per heavy atom. The third kappa shape index (κ3) is 3.39. The van der Waals surface area contributed by atoms with Gasteiger partial charge < -0.3 is 10.2 Å². The molecule has 0 unspecified atom stereocenters. The first kappa shape index (κ1) is 13.7. The fourth-order valence-electron chi connectivity index (χ4n) is 2.23. The highest BCUT2D eigenvalue weighted by atomic mass is 16.3. The van der Waals surface area contributed by atoms with E-state index in [0.717, 1.165) is 11.3 Å². The van der Waals surface area contributed by atoms with Gasteiger partial charge in [0.2, 0.25) is 0 Å². The Balaban J connectivity index is 2.17. The Morgan fingerprint density at radius 3 is 2.32 bits per heavy atom. The van der Waals surface area contributed by atoms with E-state index in [9.17, 15) is 10.2 Å². The zero-order valence-electron chi connectivity index (χ0n) is 11.0. The van der Waals surface area contributed by atoms with Crippen molar-refractivity contribution in [2.75, 3.05) is 13.2 Å². The Labute approximate surface area is 112 Å². The molecule has 0 radical (unpaired) electrons. The molecule has 2 N–H and O–H groups in total. The summed E-state index contributed by atoms with van der Waals surface area (Å²) in [6.07, 6.45) is 2.92. The van der Waals surface area contributed by atoms with Gasteiger partial charge in [0, 0.05) is 25.1 Å². The van der Waals surface area contributed by atoms with Crippen LogP contribution in [0, 0.1) is 5.41 Å². The van der Waals surface area contributed by atoms with Crippen LogP contribution in [0.15, 0.2) is 36.5 Å². The number of aliphatic hydroxyl groups is 2. The fraction of sp³-hybridized carbons (Fsp3) is 0.429. The minimum atomic E-state index is -0.600. The summed E-state index contributed by atoms with van der Waals surface area (Å²) in [4.78, 5) is 0. The molecule has 0 amide bonds.